The Balaban J connectivity index is 1.63. The molecule has 2 heterocycles. The molecular weight excluding hydrogens is 384 g/mol. The van der Waals surface area contributed by atoms with E-state index >= 15 is 0 Å². The van der Waals surface area contributed by atoms with Gasteiger partial charge in [-0.1, -0.05) is 33.1 Å². The molecule has 5 nitrogen and oxygen atoms in total. The SMILES string of the molecule is CCCCCC(C)C(=O)O[C@]12C[C@H](CN1)C[C@H]2Oc1ccc(Br)cn1. The molecule has 1 aromatic heterocycles. The van der Waals surface area contributed by atoms with Crippen LogP contribution in [0.3, 0.4) is 0 Å². The van der Waals surface area contributed by atoms with Gasteiger partial charge in [0.25, 0.3) is 0 Å². The van der Waals surface area contributed by atoms with Crippen LogP contribution in [0.2, 0.25) is 0 Å². The lowest BCUT2D eigenvalue weighted by molar-refractivity contribution is -0.176. The summed E-state index contributed by atoms with van der Waals surface area (Å²) in [6, 6.07) is 3.73. The highest BCUT2D eigenvalue weighted by Crippen LogP contribution is 2.43. The van der Waals surface area contributed by atoms with Crippen LogP contribution in [0.25, 0.3) is 0 Å². The zero-order valence-electron chi connectivity index (χ0n) is 15.0. The van der Waals surface area contributed by atoms with Crippen molar-refractivity contribution in [2.75, 3.05) is 6.54 Å². The molecule has 6 heteroatoms. The number of rotatable bonds is 8. The van der Waals surface area contributed by atoms with Gasteiger partial charge < -0.3 is 9.47 Å². The summed E-state index contributed by atoms with van der Waals surface area (Å²) < 4.78 is 13.0. The molecule has 1 N–H and O–H groups in total. The number of hydrogen-bond donors (Lipinski definition) is 1. The lowest BCUT2D eigenvalue weighted by Gasteiger charge is -2.35. The zero-order chi connectivity index (χ0) is 17.9. The molecule has 138 valence electrons. The summed E-state index contributed by atoms with van der Waals surface area (Å²) in [5.41, 5.74) is -0.699. The van der Waals surface area contributed by atoms with Crippen molar-refractivity contribution in [1.82, 2.24) is 10.3 Å². The minimum absolute atomic E-state index is 0.0752. The molecule has 4 atom stereocenters. The van der Waals surface area contributed by atoms with Crippen LogP contribution in [0.15, 0.2) is 22.8 Å². The molecule has 2 fully saturated rings. The maximum Gasteiger partial charge on any atom is 0.310 e. The number of esters is 1. The Morgan fingerprint density at radius 2 is 2.32 bits per heavy atom. The van der Waals surface area contributed by atoms with E-state index in [1.54, 1.807) is 6.20 Å². The molecule has 1 unspecified atom stereocenters. The maximum atomic E-state index is 12.6. The zero-order valence-corrected chi connectivity index (χ0v) is 16.5. The van der Waals surface area contributed by atoms with Crippen molar-refractivity contribution < 1.29 is 14.3 Å². The van der Waals surface area contributed by atoms with Gasteiger partial charge in [-0.15, -0.1) is 0 Å². The van der Waals surface area contributed by atoms with Crippen LogP contribution < -0.4 is 10.1 Å². The number of nitrogens with zero attached hydrogens (tertiary/aromatic N) is 1. The fraction of sp³-hybridized carbons (Fsp3) is 0.684. The van der Waals surface area contributed by atoms with Gasteiger partial charge in [0.15, 0.2) is 6.10 Å². The number of hydrogen-bond acceptors (Lipinski definition) is 5. The number of ether oxygens (including phenoxy) is 2. The summed E-state index contributed by atoms with van der Waals surface area (Å²) in [5.74, 6) is 0.856. The fourth-order valence-electron chi connectivity index (χ4n) is 3.76. The molecule has 2 aliphatic rings. The van der Waals surface area contributed by atoms with Gasteiger partial charge in [0, 0.05) is 29.7 Å². The first-order chi connectivity index (χ1) is 12.0. The number of carbonyl (C=O) groups excluding carboxylic acids is 1. The smallest absolute Gasteiger partial charge is 0.310 e. The van der Waals surface area contributed by atoms with Crippen LogP contribution in [-0.4, -0.2) is 29.3 Å². The van der Waals surface area contributed by atoms with E-state index < -0.39 is 5.72 Å². The van der Waals surface area contributed by atoms with Crippen molar-refractivity contribution in [2.45, 2.75) is 64.2 Å². The van der Waals surface area contributed by atoms with E-state index in [1.807, 2.05) is 19.1 Å². The van der Waals surface area contributed by atoms with Crippen LogP contribution in [0.1, 0.15) is 52.4 Å². The second-order valence-electron chi connectivity index (χ2n) is 7.32. The van der Waals surface area contributed by atoms with Gasteiger partial charge in [-0.2, -0.15) is 0 Å². The lowest BCUT2D eigenvalue weighted by atomic mass is 10.0. The molecule has 2 bridgehead atoms. The molecule has 0 amide bonds. The van der Waals surface area contributed by atoms with Gasteiger partial charge in [0.1, 0.15) is 0 Å². The van der Waals surface area contributed by atoms with Gasteiger partial charge in [-0.25, -0.2) is 4.98 Å². The first-order valence-electron chi connectivity index (χ1n) is 9.28. The molecule has 1 aliphatic heterocycles. The number of unbranched alkanes of at least 4 members (excludes halogenated alkanes) is 2. The summed E-state index contributed by atoms with van der Waals surface area (Å²) in [4.78, 5) is 16.9. The number of aromatic nitrogens is 1. The van der Waals surface area contributed by atoms with E-state index in [-0.39, 0.29) is 18.0 Å². The number of carbonyl (C=O) groups is 1. The Morgan fingerprint density at radius 1 is 1.48 bits per heavy atom. The summed E-state index contributed by atoms with van der Waals surface area (Å²) in [7, 11) is 0. The largest absolute Gasteiger partial charge is 0.469 e. The maximum absolute atomic E-state index is 12.6. The van der Waals surface area contributed by atoms with Crippen LogP contribution in [0, 0.1) is 11.8 Å². The van der Waals surface area contributed by atoms with Crippen LogP contribution in [0.5, 0.6) is 5.88 Å². The molecule has 1 saturated carbocycles. The third kappa shape index (κ3) is 4.34. The highest BCUT2D eigenvalue weighted by Gasteiger charge is 2.57. The Hall–Kier alpha value is -1.14. The molecule has 0 spiro atoms. The molecule has 0 aromatic carbocycles. The Labute approximate surface area is 158 Å². The molecule has 3 rings (SSSR count). The van der Waals surface area contributed by atoms with Crippen molar-refractivity contribution in [3.8, 4) is 5.88 Å². The molecular formula is C19H27BrN2O3. The third-order valence-electron chi connectivity index (χ3n) is 5.24. The topological polar surface area (TPSA) is 60.5 Å². The average Bonchev–Trinajstić information content (AvgIpc) is 3.14. The first kappa shape index (κ1) is 18.6. The summed E-state index contributed by atoms with van der Waals surface area (Å²) in [6.07, 6.45) is 7.50. The van der Waals surface area contributed by atoms with Crippen LogP contribution in [0.4, 0.5) is 0 Å². The quantitative estimate of drug-likeness (QED) is 0.517. The van der Waals surface area contributed by atoms with E-state index in [9.17, 15) is 4.79 Å². The van der Waals surface area contributed by atoms with Gasteiger partial charge >= 0.3 is 5.97 Å². The monoisotopic (exact) mass is 410 g/mol. The van der Waals surface area contributed by atoms with Crippen LogP contribution >= 0.6 is 15.9 Å². The van der Waals surface area contributed by atoms with Gasteiger partial charge in [-0.05, 0) is 40.8 Å². The van der Waals surface area contributed by atoms with E-state index in [0.29, 0.717) is 11.8 Å². The van der Waals surface area contributed by atoms with Crippen molar-refractivity contribution in [2.24, 2.45) is 11.8 Å². The van der Waals surface area contributed by atoms with E-state index in [1.165, 1.54) is 0 Å². The van der Waals surface area contributed by atoms with Crippen molar-refractivity contribution >= 4 is 21.9 Å². The Bertz CT molecular complexity index is 595. The predicted molar refractivity (Wildman–Crippen MR) is 99.2 cm³/mol. The number of fused-ring (bicyclic) bond motifs is 2. The van der Waals surface area contributed by atoms with Crippen LogP contribution in [-0.2, 0) is 9.53 Å². The second kappa shape index (κ2) is 8.04. The average molecular weight is 411 g/mol. The van der Waals surface area contributed by atoms with E-state index in [2.05, 4.69) is 33.2 Å². The van der Waals surface area contributed by atoms with Crippen molar-refractivity contribution in [1.29, 1.82) is 0 Å². The third-order valence-corrected chi connectivity index (χ3v) is 5.71. The lowest BCUT2D eigenvalue weighted by Crippen LogP contribution is -2.56. The number of piperidine rings is 1. The molecule has 1 aromatic rings. The Morgan fingerprint density at radius 3 is 3.00 bits per heavy atom. The second-order valence-corrected chi connectivity index (χ2v) is 8.23. The molecule has 1 aliphatic carbocycles. The molecule has 1 saturated heterocycles. The highest BCUT2D eigenvalue weighted by molar-refractivity contribution is 9.10. The standard InChI is InChI=1S/C19H27BrN2O3/c1-3-4-5-6-13(2)18(23)25-19-10-14(11-22-19)9-16(19)24-17-8-7-15(20)12-21-17/h7-8,12-14,16,22H,3-6,9-11H2,1-2H3/t13?,14-,16-,19+/m1/s1. The summed E-state index contributed by atoms with van der Waals surface area (Å²) in [6.45, 7) is 5.01. The molecule has 0 radical (unpaired) electrons. The van der Waals surface area contributed by atoms with Gasteiger partial charge in [-0.3, -0.25) is 10.1 Å². The summed E-state index contributed by atoms with van der Waals surface area (Å²) in [5, 5.41) is 3.40. The number of pyridine rings is 1. The highest BCUT2D eigenvalue weighted by atomic mass is 79.9. The van der Waals surface area contributed by atoms with Gasteiger partial charge in [0.05, 0.1) is 5.92 Å². The van der Waals surface area contributed by atoms with E-state index in [0.717, 1.165) is 49.5 Å². The van der Waals surface area contributed by atoms with E-state index in [4.69, 9.17) is 9.47 Å². The fourth-order valence-corrected chi connectivity index (χ4v) is 3.99. The Kier molecular flexibility index (Phi) is 6.00. The predicted octanol–water partition coefficient (Wildman–Crippen LogP) is 4.06. The number of halogens is 1. The summed E-state index contributed by atoms with van der Waals surface area (Å²) >= 11 is 3.38. The molecule has 25 heavy (non-hydrogen) atoms. The minimum Gasteiger partial charge on any atom is -0.469 e. The first-order valence-corrected chi connectivity index (χ1v) is 10.1. The van der Waals surface area contributed by atoms with Crippen molar-refractivity contribution in [3.05, 3.63) is 22.8 Å². The minimum atomic E-state index is -0.699. The number of nitrogens with one attached hydrogen (secondary N) is 1. The van der Waals surface area contributed by atoms with Crippen molar-refractivity contribution in [3.63, 3.8) is 0 Å². The van der Waals surface area contributed by atoms with Gasteiger partial charge in [0.2, 0.25) is 11.6 Å². The normalized spacial score (nSPS) is 28.8.